The summed E-state index contributed by atoms with van der Waals surface area (Å²) in [5.74, 6) is 4.45. The van der Waals surface area contributed by atoms with E-state index >= 15 is 0 Å². The summed E-state index contributed by atoms with van der Waals surface area (Å²) in [6, 6.07) is 6.88. The number of hydrogen-bond acceptors (Lipinski definition) is 3. The summed E-state index contributed by atoms with van der Waals surface area (Å²) in [6.07, 6.45) is 2.84. The Kier molecular flexibility index (Phi) is 3.78. The van der Waals surface area contributed by atoms with Gasteiger partial charge in [0.05, 0.1) is 6.61 Å². The summed E-state index contributed by atoms with van der Waals surface area (Å²) in [7, 11) is 0. The van der Waals surface area contributed by atoms with Crippen molar-refractivity contribution < 1.29 is 9.84 Å². The number of ether oxygens (including phenoxy) is 1. The van der Waals surface area contributed by atoms with Gasteiger partial charge in [0.1, 0.15) is 11.5 Å². The van der Waals surface area contributed by atoms with Crippen LogP contribution in [0.15, 0.2) is 24.3 Å². The van der Waals surface area contributed by atoms with Crippen molar-refractivity contribution in [3.05, 3.63) is 24.3 Å². The molecule has 1 saturated carbocycles. The maximum Gasteiger partial charge on any atom is 0.119 e. The molecule has 2 nitrogen and oxygen atoms in total. The quantitative estimate of drug-likeness (QED) is 0.753. The second-order valence-electron chi connectivity index (χ2n) is 3.86. The van der Waals surface area contributed by atoms with Gasteiger partial charge < -0.3 is 9.84 Å². The molecular weight excluding hydrogens is 208 g/mol. The zero-order valence-corrected chi connectivity index (χ0v) is 9.50. The van der Waals surface area contributed by atoms with E-state index in [1.807, 2.05) is 11.8 Å². The van der Waals surface area contributed by atoms with E-state index in [2.05, 4.69) is 0 Å². The van der Waals surface area contributed by atoms with Crippen LogP contribution in [-0.2, 0) is 0 Å². The average Bonchev–Trinajstić information content (AvgIpc) is 3.04. The summed E-state index contributed by atoms with van der Waals surface area (Å²) in [5.41, 5.74) is 0. The van der Waals surface area contributed by atoms with Crippen molar-refractivity contribution in [2.75, 3.05) is 18.1 Å². The van der Waals surface area contributed by atoms with E-state index in [1.165, 1.54) is 18.6 Å². The van der Waals surface area contributed by atoms with Crippen molar-refractivity contribution in [1.82, 2.24) is 0 Å². The molecular formula is C12H16O2S. The number of hydrogen-bond donors (Lipinski definition) is 1. The minimum Gasteiger partial charge on any atom is -0.508 e. The molecule has 3 heteroatoms. The van der Waals surface area contributed by atoms with Crippen molar-refractivity contribution in [2.24, 2.45) is 5.92 Å². The van der Waals surface area contributed by atoms with Crippen molar-refractivity contribution in [3.8, 4) is 11.5 Å². The minimum atomic E-state index is 0.283. The molecule has 0 radical (unpaired) electrons. The zero-order valence-electron chi connectivity index (χ0n) is 8.69. The fourth-order valence-corrected chi connectivity index (χ4v) is 2.33. The number of phenols is 1. The van der Waals surface area contributed by atoms with Crippen LogP contribution in [-0.4, -0.2) is 23.2 Å². The van der Waals surface area contributed by atoms with Crippen LogP contribution in [0.25, 0.3) is 0 Å². The number of rotatable bonds is 6. The molecule has 0 bridgehead atoms. The highest BCUT2D eigenvalue weighted by Gasteiger charge is 2.20. The molecule has 0 aliphatic heterocycles. The van der Waals surface area contributed by atoms with Crippen LogP contribution in [0.3, 0.4) is 0 Å². The molecule has 0 unspecified atom stereocenters. The second kappa shape index (κ2) is 5.31. The molecule has 1 aliphatic carbocycles. The first-order chi connectivity index (χ1) is 7.34. The fourth-order valence-electron chi connectivity index (χ4n) is 1.30. The topological polar surface area (TPSA) is 29.5 Å². The molecule has 1 aromatic carbocycles. The number of phenolic OH excluding ortho intramolecular Hbond substituents is 1. The lowest BCUT2D eigenvalue weighted by Gasteiger charge is -2.05. The molecule has 1 aliphatic rings. The zero-order chi connectivity index (χ0) is 10.5. The number of aromatic hydroxyl groups is 1. The molecule has 1 aromatic rings. The van der Waals surface area contributed by atoms with Crippen LogP contribution in [0.5, 0.6) is 11.5 Å². The Morgan fingerprint density at radius 1 is 1.27 bits per heavy atom. The lowest BCUT2D eigenvalue weighted by molar-refractivity contribution is 0.343. The van der Waals surface area contributed by atoms with E-state index < -0.39 is 0 Å². The highest BCUT2D eigenvalue weighted by Crippen LogP contribution is 2.32. The third-order valence-corrected chi connectivity index (χ3v) is 3.55. The Bertz CT molecular complexity index is 293. The van der Waals surface area contributed by atoms with Gasteiger partial charge in [-0.2, -0.15) is 11.8 Å². The van der Waals surface area contributed by atoms with E-state index in [-0.39, 0.29) is 5.75 Å². The van der Waals surface area contributed by atoms with Crippen molar-refractivity contribution in [1.29, 1.82) is 0 Å². The molecule has 0 amide bonds. The van der Waals surface area contributed by atoms with Gasteiger partial charge in [-0.25, -0.2) is 0 Å². The Morgan fingerprint density at radius 3 is 2.67 bits per heavy atom. The average molecular weight is 224 g/mol. The van der Waals surface area contributed by atoms with Crippen LogP contribution in [0.4, 0.5) is 0 Å². The van der Waals surface area contributed by atoms with Crippen LogP contribution in [0.1, 0.15) is 12.8 Å². The van der Waals surface area contributed by atoms with E-state index in [0.717, 1.165) is 24.0 Å². The predicted molar refractivity (Wildman–Crippen MR) is 63.7 cm³/mol. The lowest BCUT2D eigenvalue weighted by Crippen LogP contribution is -2.00. The highest BCUT2D eigenvalue weighted by molar-refractivity contribution is 7.99. The Hall–Kier alpha value is -0.830. The Labute approximate surface area is 94.6 Å². The van der Waals surface area contributed by atoms with Gasteiger partial charge in [0.15, 0.2) is 0 Å². The van der Waals surface area contributed by atoms with E-state index in [1.54, 1.807) is 24.3 Å². The van der Waals surface area contributed by atoms with Crippen molar-refractivity contribution in [3.63, 3.8) is 0 Å². The lowest BCUT2D eigenvalue weighted by atomic mass is 10.3. The van der Waals surface area contributed by atoms with Gasteiger partial charge in [0, 0.05) is 5.75 Å². The van der Waals surface area contributed by atoms with Crippen molar-refractivity contribution >= 4 is 11.8 Å². The largest absolute Gasteiger partial charge is 0.508 e. The molecule has 0 atom stereocenters. The normalized spacial score (nSPS) is 15.2. The molecule has 0 spiro atoms. The maximum atomic E-state index is 9.07. The van der Waals surface area contributed by atoms with Gasteiger partial charge in [-0.3, -0.25) is 0 Å². The van der Waals surface area contributed by atoms with Gasteiger partial charge in [-0.15, -0.1) is 0 Å². The van der Waals surface area contributed by atoms with Crippen molar-refractivity contribution in [2.45, 2.75) is 12.8 Å². The van der Waals surface area contributed by atoms with E-state index in [9.17, 15) is 0 Å². The standard InChI is InChI=1S/C12H16O2S/c13-11-3-5-12(6-4-11)14-7-8-15-9-10-1-2-10/h3-6,10,13H,1-2,7-9H2. The van der Waals surface area contributed by atoms with E-state index in [0.29, 0.717) is 0 Å². The third-order valence-electron chi connectivity index (χ3n) is 2.38. The van der Waals surface area contributed by atoms with Crippen LogP contribution in [0, 0.1) is 5.92 Å². The fraction of sp³-hybridized carbons (Fsp3) is 0.500. The first-order valence-electron chi connectivity index (χ1n) is 5.34. The van der Waals surface area contributed by atoms with Gasteiger partial charge in [0.25, 0.3) is 0 Å². The molecule has 0 aromatic heterocycles. The van der Waals surface area contributed by atoms with Gasteiger partial charge in [-0.1, -0.05) is 0 Å². The van der Waals surface area contributed by atoms with Gasteiger partial charge >= 0.3 is 0 Å². The molecule has 15 heavy (non-hydrogen) atoms. The molecule has 2 rings (SSSR count). The number of benzene rings is 1. The summed E-state index contributed by atoms with van der Waals surface area (Å²) in [6.45, 7) is 0.752. The smallest absolute Gasteiger partial charge is 0.119 e. The molecule has 0 saturated heterocycles. The van der Waals surface area contributed by atoms with Crippen LogP contribution >= 0.6 is 11.8 Å². The molecule has 0 heterocycles. The van der Waals surface area contributed by atoms with E-state index in [4.69, 9.17) is 9.84 Å². The predicted octanol–water partition coefficient (Wildman–Crippen LogP) is 2.91. The summed E-state index contributed by atoms with van der Waals surface area (Å²) >= 11 is 1.97. The minimum absolute atomic E-state index is 0.283. The molecule has 1 N–H and O–H groups in total. The molecule has 82 valence electrons. The maximum absolute atomic E-state index is 9.07. The number of thioether (sulfide) groups is 1. The Balaban J connectivity index is 1.58. The Morgan fingerprint density at radius 2 is 2.00 bits per heavy atom. The highest BCUT2D eigenvalue weighted by atomic mass is 32.2. The van der Waals surface area contributed by atoms with Gasteiger partial charge in [-0.05, 0) is 48.8 Å². The summed E-state index contributed by atoms with van der Waals surface area (Å²) in [5, 5.41) is 9.07. The van der Waals surface area contributed by atoms with Gasteiger partial charge in [0.2, 0.25) is 0 Å². The van der Waals surface area contributed by atoms with Crippen LogP contribution in [0.2, 0.25) is 0 Å². The van der Waals surface area contributed by atoms with Crippen LogP contribution < -0.4 is 4.74 Å². The second-order valence-corrected chi connectivity index (χ2v) is 5.01. The summed E-state index contributed by atoms with van der Waals surface area (Å²) < 4.78 is 5.53. The first-order valence-corrected chi connectivity index (χ1v) is 6.49. The monoisotopic (exact) mass is 224 g/mol. The summed E-state index contributed by atoms with van der Waals surface area (Å²) in [4.78, 5) is 0. The third kappa shape index (κ3) is 4.04. The SMILES string of the molecule is Oc1ccc(OCCSCC2CC2)cc1. The molecule has 1 fully saturated rings. The first kappa shape index (κ1) is 10.7.